The normalized spacial score (nSPS) is 7.92. The number of rotatable bonds is 0. The van der Waals surface area contributed by atoms with Crippen LogP contribution in [0.3, 0.4) is 0 Å². The first-order valence-electron chi connectivity index (χ1n) is 3.82. The van der Waals surface area contributed by atoms with Gasteiger partial charge in [-0.2, -0.15) is 0 Å². The molecule has 66 valence electrons. The van der Waals surface area contributed by atoms with Gasteiger partial charge in [0.2, 0.25) is 5.91 Å². The van der Waals surface area contributed by atoms with Crippen LogP contribution in [0.15, 0.2) is 36.4 Å². The van der Waals surface area contributed by atoms with Crippen molar-refractivity contribution in [3.05, 3.63) is 36.4 Å². The molecule has 0 unspecified atom stereocenters. The van der Waals surface area contributed by atoms with Crippen molar-refractivity contribution in [1.82, 2.24) is 4.90 Å². The Morgan fingerprint density at radius 3 is 1.17 bits per heavy atom. The molecule has 1 aromatic rings. The van der Waals surface area contributed by atoms with Crippen LogP contribution in [0, 0.1) is 0 Å². The molecule has 1 amide bonds. The molecular formula is C10H15NO. The highest BCUT2D eigenvalue weighted by molar-refractivity contribution is 5.72. The molecule has 0 aliphatic rings. The molecule has 1 rings (SSSR count). The quantitative estimate of drug-likeness (QED) is 0.574. The molecule has 0 aliphatic carbocycles. The first-order valence-corrected chi connectivity index (χ1v) is 3.82. The Kier molecular flexibility index (Phi) is 5.70. The lowest BCUT2D eigenvalue weighted by Gasteiger charge is -2.02. The van der Waals surface area contributed by atoms with Crippen LogP contribution >= 0.6 is 0 Å². The van der Waals surface area contributed by atoms with Crippen LogP contribution in [-0.4, -0.2) is 24.9 Å². The molecule has 2 nitrogen and oxygen atoms in total. The van der Waals surface area contributed by atoms with Gasteiger partial charge in [-0.15, -0.1) is 0 Å². The van der Waals surface area contributed by atoms with E-state index in [4.69, 9.17) is 0 Å². The van der Waals surface area contributed by atoms with Crippen molar-refractivity contribution in [1.29, 1.82) is 0 Å². The minimum absolute atomic E-state index is 0.0926. The Morgan fingerprint density at radius 2 is 1.08 bits per heavy atom. The Labute approximate surface area is 73.8 Å². The van der Waals surface area contributed by atoms with Crippen molar-refractivity contribution in [3.63, 3.8) is 0 Å². The lowest BCUT2D eigenvalue weighted by Crippen LogP contribution is -2.17. The van der Waals surface area contributed by atoms with Crippen molar-refractivity contribution in [3.8, 4) is 0 Å². The first-order chi connectivity index (χ1) is 5.64. The lowest BCUT2D eigenvalue weighted by molar-refractivity contribution is -0.126. The molecule has 1 aromatic carbocycles. The zero-order valence-corrected chi connectivity index (χ0v) is 7.82. The van der Waals surface area contributed by atoms with E-state index in [1.807, 2.05) is 36.4 Å². The maximum absolute atomic E-state index is 10.1. The molecule has 0 saturated heterocycles. The van der Waals surface area contributed by atoms with Crippen LogP contribution in [0.5, 0.6) is 0 Å². The van der Waals surface area contributed by atoms with Crippen LogP contribution in [0.4, 0.5) is 0 Å². The van der Waals surface area contributed by atoms with Gasteiger partial charge in [0.25, 0.3) is 0 Å². The Bertz CT molecular complexity index is 180. The summed E-state index contributed by atoms with van der Waals surface area (Å²) in [6.45, 7) is 1.53. The largest absolute Gasteiger partial charge is 0.349 e. The number of nitrogens with zero attached hydrogens (tertiary/aromatic N) is 1. The average molecular weight is 165 g/mol. The molecule has 0 heterocycles. The van der Waals surface area contributed by atoms with E-state index in [1.165, 1.54) is 11.8 Å². The van der Waals surface area contributed by atoms with Crippen LogP contribution in [0.25, 0.3) is 0 Å². The molecule has 0 aliphatic heterocycles. The summed E-state index contributed by atoms with van der Waals surface area (Å²) in [6.07, 6.45) is 0. The third-order valence-corrected chi connectivity index (χ3v) is 1.30. The van der Waals surface area contributed by atoms with E-state index < -0.39 is 0 Å². The molecule has 12 heavy (non-hydrogen) atoms. The average Bonchev–Trinajstić information content (AvgIpc) is 2.08. The lowest BCUT2D eigenvalue weighted by atomic mass is 10.4. The number of carbonyl (C=O) groups excluding carboxylic acids is 1. The molecule has 2 heteroatoms. The number of hydrogen-bond donors (Lipinski definition) is 0. The number of carbonyl (C=O) groups is 1. The third kappa shape index (κ3) is 6.81. The summed E-state index contributed by atoms with van der Waals surface area (Å²) >= 11 is 0. The van der Waals surface area contributed by atoms with E-state index in [0.29, 0.717) is 0 Å². The summed E-state index contributed by atoms with van der Waals surface area (Å²) < 4.78 is 0. The highest BCUT2D eigenvalue weighted by atomic mass is 16.2. The zero-order chi connectivity index (χ0) is 9.40. The maximum atomic E-state index is 10.1. The summed E-state index contributed by atoms with van der Waals surface area (Å²) in [4.78, 5) is 11.6. The molecular weight excluding hydrogens is 150 g/mol. The minimum atomic E-state index is 0.0926. The van der Waals surface area contributed by atoms with Gasteiger partial charge in [-0.25, -0.2) is 0 Å². The molecule has 0 atom stereocenters. The van der Waals surface area contributed by atoms with Crippen LogP contribution < -0.4 is 0 Å². The molecule has 0 aromatic heterocycles. The van der Waals surface area contributed by atoms with Gasteiger partial charge in [-0.3, -0.25) is 4.79 Å². The van der Waals surface area contributed by atoms with Gasteiger partial charge >= 0.3 is 0 Å². The van der Waals surface area contributed by atoms with Crippen molar-refractivity contribution < 1.29 is 4.79 Å². The van der Waals surface area contributed by atoms with E-state index in [1.54, 1.807) is 14.1 Å². The summed E-state index contributed by atoms with van der Waals surface area (Å²) in [7, 11) is 3.45. The van der Waals surface area contributed by atoms with Crippen molar-refractivity contribution >= 4 is 5.91 Å². The van der Waals surface area contributed by atoms with Crippen molar-refractivity contribution in [2.45, 2.75) is 6.92 Å². The minimum Gasteiger partial charge on any atom is -0.349 e. The van der Waals surface area contributed by atoms with E-state index in [0.717, 1.165) is 0 Å². The fourth-order valence-electron chi connectivity index (χ4n) is 0.385. The predicted molar refractivity (Wildman–Crippen MR) is 50.8 cm³/mol. The second kappa shape index (κ2) is 6.40. The fraction of sp³-hybridized carbons (Fsp3) is 0.300. The Balaban J connectivity index is 0.000000202. The topological polar surface area (TPSA) is 20.3 Å². The summed E-state index contributed by atoms with van der Waals surface area (Å²) in [5.41, 5.74) is 0. The number of hydrogen-bond acceptors (Lipinski definition) is 1. The van der Waals surface area contributed by atoms with E-state index in [9.17, 15) is 4.79 Å². The van der Waals surface area contributed by atoms with Crippen molar-refractivity contribution in [2.24, 2.45) is 0 Å². The van der Waals surface area contributed by atoms with E-state index >= 15 is 0 Å². The molecule has 0 saturated carbocycles. The molecule has 0 bridgehead atoms. The molecule has 0 radical (unpaired) electrons. The second-order valence-electron chi connectivity index (χ2n) is 2.57. The smallest absolute Gasteiger partial charge is 0.218 e. The zero-order valence-electron chi connectivity index (χ0n) is 7.82. The molecule has 0 N–H and O–H groups in total. The monoisotopic (exact) mass is 165 g/mol. The molecule has 0 fully saturated rings. The molecule has 0 spiro atoms. The van der Waals surface area contributed by atoms with Crippen LogP contribution in [0.2, 0.25) is 0 Å². The second-order valence-corrected chi connectivity index (χ2v) is 2.57. The highest BCUT2D eigenvalue weighted by Crippen LogP contribution is 1.79. The standard InChI is InChI=1S/C6H6.C4H9NO/c1-2-4-6-5-3-1;1-4(6)5(2)3/h1-6H;1-3H3. The van der Waals surface area contributed by atoms with Crippen LogP contribution in [-0.2, 0) is 4.79 Å². The van der Waals surface area contributed by atoms with Gasteiger partial charge in [0, 0.05) is 21.0 Å². The van der Waals surface area contributed by atoms with E-state index in [-0.39, 0.29) is 5.91 Å². The van der Waals surface area contributed by atoms with Gasteiger partial charge in [0.05, 0.1) is 0 Å². The summed E-state index contributed by atoms with van der Waals surface area (Å²) in [5, 5.41) is 0. The van der Waals surface area contributed by atoms with Crippen molar-refractivity contribution in [2.75, 3.05) is 14.1 Å². The van der Waals surface area contributed by atoms with E-state index in [2.05, 4.69) is 0 Å². The SMILES string of the molecule is CC(=O)N(C)C.c1ccccc1. The maximum Gasteiger partial charge on any atom is 0.218 e. The summed E-state index contributed by atoms with van der Waals surface area (Å²) in [5.74, 6) is 0.0926. The van der Waals surface area contributed by atoms with Gasteiger partial charge in [-0.05, 0) is 0 Å². The highest BCUT2D eigenvalue weighted by Gasteiger charge is 1.87. The Morgan fingerprint density at radius 1 is 0.917 bits per heavy atom. The first kappa shape index (κ1) is 10.7. The van der Waals surface area contributed by atoms with Gasteiger partial charge < -0.3 is 4.90 Å². The van der Waals surface area contributed by atoms with Crippen LogP contribution in [0.1, 0.15) is 6.92 Å². The predicted octanol–water partition coefficient (Wildman–Crippen LogP) is 1.78. The fourth-order valence-corrected chi connectivity index (χ4v) is 0.385. The van der Waals surface area contributed by atoms with Gasteiger partial charge in [0.1, 0.15) is 0 Å². The number of benzene rings is 1. The van der Waals surface area contributed by atoms with Gasteiger partial charge in [-0.1, -0.05) is 36.4 Å². The Hall–Kier alpha value is -1.31. The third-order valence-electron chi connectivity index (χ3n) is 1.30. The summed E-state index contributed by atoms with van der Waals surface area (Å²) in [6, 6.07) is 12.0. The van der Waals surface area contributed by atoms with Gasteiger partial charge in [0.15, 0.2) is 0 Å². The number of amides is 1.